The van der Waals surface area contributed by atoms with Crippen LogP contribution < -0.4 is 15.8 Å². The Morgan fingerprint density at radius 1 is 1.24 bits per heavy atom. The van der Waals surface area contributed by atoms with Crippen molar-refractivity contribution in [3.05, 3.63) is 39.5 Å². The Balaban J connectivity index is 1.36. The molecular formula is C23H29IN4O4S. The molecule has 0 unspecified atom stereocenters. The monoisotopic (exact) mass is 584 g/mol. The van der Waals surface area contributed by atoms with E-state index in [1.54, 1.807) is 25.1 Å². The summed E-state index contributed by atoms with van der Waals surface area (Å²) in [5, 5.41) is 3.37. The fourth-order valence-electron chi connectivity index (χ4n) is 4.03. The van der Waals surface area contributed by atoms with Crippen molar-refractivity contribution in [2.24, 2.45) is 0 Å². The Kier molecular flexibility index (Phi) is 7.34. The maximum absolute atomic E-state index is 12.1. The molecule has 0 saturated carbocycles. The Morgan fingerprint density at radius 3 is 2.70 bits per heavy atom. The highest BCUT2D eigenvalue weighted by Crippen LogP contribution is 2.30. The minimum Gasteiger partial charge on any atom is -0.493 e. The SMILES string of the molecule is CCOc1cc(CN2CCC(Nc3nc4cc(S(=O)(=O)CC)ccc4o3)CC2)cc(N)c1I. The van der Waals surface area contributed by atoms with Gasteiger partial charge in [-0.25, -0.2) is 8.42 Å². The predicted octanol–water partition coefficient (Wildman–Crippen LogP) is 4.28. The fraction of sp³-hybridized carbons (Fsp3) is 0.435. The van der Waals surface area contributed by atoms with E-state index in [4.69, 9.17) is 14.9 Å². The van der Waals surface area contributed by atoms with Crippen molar-refractivity contribution in [3.63, 3.8) is 0 Å². The molecule has 178 valence electrons. The average Bonchev–Trinajstić information content (AvgIpc) is 3.20. The number of oxazole rings is 1. The van der Waals surface area contributed by atoms with Crippen molar-refractivity contribution in [1.82, 2.24) is 9.88 Å². The van der Waals surface area contributed by atoms with Crippen LogP contribution in [0.15, 0.2) is 39.6 Å². The summed E-state index contributed by atoms with van der Waals surface area (Å²) in [4.78, 5) is 7.14. The maximum Gasteiger partial charge on any atom is 0.295 e. The van der Waals surface area contributed by atoms with Gasteiger partial charge in [-0.2, -0.15) is 4.98 Å². The van der Waals surface area contributed by atoms with Crippen molar-refractivity contribution in [1.29, 1.82) is 0 Å². The first-order valence-electron chi connectivity index (χ1n) is 11.1. The number of hydrogen-bond acceptors (Lipinski definition) is 8. The first-order valence-corrected chi connectivity index (χ1v) is 13.8. The van der Waals surface area contributed by atoms with Crippen molar-refractivity contribution >= 4 is 55.2 Å². The van der Waals surface area contributed by atoms with E-state index >= 15 is 0 Å². The molecule has 3 aromatic rings. The van der Waals surface area contributed by atoms with Gasteiger partial charge in [-0.3, -0.25) is 4.90 Å². The molecule has 0 aliphatic carbocycles. The first-order chi connectivity index (χ1) is 15.8. The molecule has 2 aromatic carbocycles. The van der Waals surface area contributed by atoms with Gasteiger partial charge in [0.2, 0.25) is 0 Å². The normalized spacial score (nSPS) is 15.7. The quantitative estimate of drug-likeness (QED) is 0.298. The summed E-state index contributed by atoms with van der Waals surface area (Å²) in [5.74, 6) is 0.900. The average molecular weight is 584 g/mol. The molecule has 0 radical (unpaired) electrons. The Bertz CT molecular complexity index is 1240. The summed E-state index contributed by atoms with van der Waals surface area (Å²) < 4.78 is 36.7. The molecule has 8 nitrogen and oxygen atoms in total. The van der Waals surface area contributed by atoms with E-state index in [0.29, 0.717) is 23.7 Å². The Hall–Kier alpha value is -2.05. The van der Waals surface area contributed by atoms with Crippen molar-refractivity contribution in [2.45, 2.75) is 44.2 Å². The van der Waals surface area contributed by atoms with Gasteiger partial charge in [0.25, 0.3) is 6.01 Å². The topological polar surface area (TPSA) is 111 Å². The number of piperidine rings is 1. The number of fused-ring (bicyclic) bond motifs is 1. The number of rotatable bonds is 8. The number of sulfone groups is 1. The van der Waals surface area contributed by atoms with E-state index in [9.17, 15) is 8.42 Å². The zero-order valence-electron chi connectivity index (χ0n) is 18.8. The molecule has 0 amide bonds. The summed E-state index contributed by atoms with van der Waals surface area (Å²) in [6.07, 6.45) is 1.90. The van der Waals surface area contributed by atoms with Crippen LogP contribution in [-0.2, 0) is 16.4 Å². The summed E-state index contributed by atoms with van der Waals surface area (Å²) in [7, 11) is -3.27. The van der Waals surface area contributed by atoms with Crippen molar-refractivity contribution in [2.75, 3.05) is 36.5 Å². The number of halogens is 1. The van der Waals surface area contributed by atoms with Gasteiger partial charge in [-0.1, -0.05) is 6.92 Å². The van der Waals surface area contributed by atoms with Gasteiger partial charge < -0.3 is 20.2 Å². The Morgan fingerprint density at radius 2 is 2.00 bits per heavy atom. The predicted molar refractivity (Wildman–Crippen MR) is 138 cm³/mol. The Labute approximate surface area is 207 Å². The van der Waals surface area contributed by atoms with Gasteiger partial charge in [0.05, 0.1) is 20.8 Å². The number of benzene rings is 2. The number of hydrogen-bond donors (Lipinski definition) is 2. The molecule has 1 fully saturated rings. The van der Waals surface area contributed by atoms with Crippen LogP contribution in [0, 0.1) is 3.57 Å². The van der Waals surface area contributed by atoms with Crippen molar-refractivity contribution in [3.8, 4) is 5.75 Å². The maximum atomic E-state index is 12.1. The van der Waals surface area contributed by atoms with Crippen molar-refractivity contribution < 1.29 is 17.6 Å². The second-order valence-electron chi connectivity index (χ2n) is 8.18. The highest BCUT2D eigenvalue weighted by molar-refractivity contribution is 14.1. The summed E-state index contributed by atoms with van der Waals surface area (Å²) in [6.45, 7) is 6.92. The molecule has 0 atom stereocenters. The van der Waals surface area contributed by atoms with Gasteiger partial charge in [0.1, 0.15) is 11.3 Å². The van der Waals surface area contributed by atoms with Crippen LogP contribution in [-0.4, -0.2) is 49.8 Å². The largest absolute Gasteiger partial charge is 0.493 e. The van der Waals surface area contributed by atoms with E-state index in [-0.39, 0.29) is 16.7 Å². The number of nitrogens with two attached hydrogens (primary N) is 1. The molecule has 2 heterocycles. The van der Waals surface area contributed by atoms with Crippen LogP contribution in [0.4, 0.5) is 11.7 Å². The lowest BCUT2D eigenvalue weighted by Gasteiger charge is -2.32. The molecule has 0 bridgehead atoms. The lowest BCUT2D eigenvalue weighted by molar-refractivity contribution is 0.210. The molecule has 0 spiro atoms. The summed E-state index contributed by atoms with van der Waals surface area (Å²) in [5.41, 5.74) is 9.19. The fourth-order valence-corrected chi connectivity index (χ4v) is 5.39. The molecule has 1 saturated heterocycles. The first kappa shape index (κ1) is 24.1. The molecule has 4 rings (SSSR count). The van der Waals surface area contributed by atoms with Crippen LogP contribution in [0.3, 0.4) is 0 Å². The number of aromatic nitrogens is 1. The van der Waals surface area contributed by atoms with Crippen LogP contribution in [0.1, 0.15) is 32.3 Å². The molecule has 10 heteroatoms. The third-order valence-electron chi connectivity index (χ3n) is 5.85. The third-order valence-corrected chi connectivity index (χ3v) is 8.73. The smallest absolute Gasteiger partial charge is 0.295 e. The number of nitrogen functional groups attached to an aromatic ring is 1. The number of anilines is 2. The van der Waals surface area contributed by atoms with Gasteiger partial charge in [-0.15, -0.1) is 0 Å². The van der Waals surface area contributed by atoms with E-state index in [1.165, 1.54) is 0 Å². The molecule has 1 aliphatic rings. The molecule has 3 N–H and O–H groups in total. The van der Waals surface area contributed by atoms with Crippen LogP contribution in [0.5, 0.6) is 5.75 Å². The van der Waals surface area contributed by atoms with E-state index in [1.807, 2.05) is 13.0 Å². The zero-order chi connectivity index (χ0) is 23.6. The number of nitrogens with one attached hydrogen (secondary N) is 1. The molecule has 33 heavy (non-hydrogen) atoms. The van der Waals surface area contributed by atoms with Gasteiger partial charge in [0.15, 0.2) is 15.4 Å². The van der Waals surface area contributed by atoms with Gasteiger partial charge in [0, 0.05) is 31.4 Å². The third kappa shape index (κ3) is 5.55. The number of ether oxygens (including phenoxy) is 1. The van der Waals surface area contributed by atoms with E-state index in [2.05, 4.69) is 43.9 Å². The second-order valence-corrected chi connectivity index (χ2v) is 11.5. The summed E-state index contributed by atoms with van der Waals surface area (Å²) in [6, 6.07) is 9.60. The number of nitrogens with zero attached hydrogens (tertiary/aromatic N) is 2. The van der Waals surface area contributed by atoms with E-state index in [0.717, 1.165) is 53.0 Å². The minimum absolute atomic E-state index is 0.0573. The lowest BCUT2D eigenvalue weighted by Crippen LogP contribution is -2.38. The van der Waals surface area contributed by atoms with Gasteiger partial charge in [-0.05, 0) is 78.3 Å². The molecular weight excluding hydrogens is 555 g/mol. The standard InChI is InChI=1S/C23H29IN4O4S/c1-3-31-21-12-15(11-18(25)22(21)24)14-28-9-7-16(8-10-28)26-23-27-19-13-17(33(29,30)4-2)5-6-20(19)32-23/h5-6,11-13,16H,3-4,7-10,14,25H2,1-2H3,(H,26,27). The zero-order valence-corrected chi connectivity index (χ0v) is 21.8. The summed E-state index contributed by atoms with van der Waals surface area (Å²) >= 11 is 2.22. The molecule has 1 aliphatic heterocycles. The number of likely N-dealkylation sites (tertiary alicyclic amines) is 1. The van der Waals surface area contributed by atoms with Crippen LogP contribution in [0.2, 0.25) is 0 Å². The van der Waals surface area contributed by atoms with Crippen LogP contribution in [0.25, 0.3) is 11.1 Å². The molecule has 1 aromatic heterocycles. The lowest BCUT2D eigenvalue weighted by atomic mass is 10.0. The van der Waals surface area contributed by atoms with Crippen LogP contribution >= 0.6 is 22.6 Å². The highest BCUT2D eigenvalue weighted by atomic mass is 127. The highest BCUT2D eigenvalue weighted by Gasteiger charge is 2.22. The van der Waals surface area contributed by atoms with Gasteiger partial charge >= 0.3 is 0 Å². The second kappa shape index (κ2) is 10.1. The minimum atomic E-state index is -3.27. The van der Waals surface area contributed by atoms with E-state index < -0.39 is 9.84 Å².